The first-order valence-electron chi connectivity index (χ1n) is 5.25. The highest BCUT2D eigenvalue weighted by Gasteiger charge is 2.10. The van der Waals surface area contributed by atoms with E-state index in [9.17, 15) is 4.79 Å². The maximum absolute atomic E-state index is 12.0. The smallest absolute Gasteiger partial charge is 0.268 e. The highest BCUT2D eigenvalue weighted by Crippen LogP contribution is 2.22. The van der Waals surface area contributed by atoms with Crippen LogP contribution >= 0.6 is 27.5 Å². The van der Waals surface area contributed by atoms with Crippen LogP contribution in [0.15, 0.2) is 33.7 Å². The van der Waals surface area contributed by atoms with Gasteiger partial charge in [0.05, 0.1) is 6.54 Å². The summed E-state index contributed by atoms with van der Waals surface area (Å²) in [6.45, 7) is 2.07. The van der Waals surface area contributed by atoms with Gasteiger partial charge in [0.25, 0.3) is 5.56 Å². The summed E-state index contributed by atoms with van der Waals surface area (Å²) < 4.78 is 1.94. The fourth-order valence-corrected chi connectivity index (χ4v) is 2.20. The van der Waals surface area contributed by atoms with Crippen LogP contribution in [-0.4, -0.2) is 9.55 Å². The Kier molecular flexibility index (Phi) is 3.73. The second-order valence-corrected chi connectivity index (χ2v) is 5.11. The molecule has 2 aromatic rings. The van der Waals surface area contributed by atoms with Crippen molar-refractivity contribution in [3.8, 4) is 0 Å². The second kappa shape index (κ2) is 5.12. The average Bonchev–Trinajstić information content (AvgIpc) is 2.33. The van der Waals surface area contributed by atoms with Crippen LogP contribution in [0.4, 0.5) is 5.69 Å². The molecule has 1 aromatic carbocycles. The summed E-state index contributed by atoms with van der Waals surface area (Å²) in [5.74, 6) is 0.613. The summed E-state index contributed by atoms with van der Waals surface area (Å²) in [4.78, 5) is 16.1. The van der Waals surface area contributed by atoms with E-state index >= 15 is 0 Å². The van der Waals surface area contributed by atoms with Crippen molar-refractivity contribution >= 4 is 33.2 Å². The van der Waals surface area contributed by atoms with Gasteiger partial charge in [0.2, 0.25) is 0 Å². The van der Waals surface area contributed by atoms with Gasteiger partial charge in [-0.25, -0.2) is 4.98 Å². The van der Waals surface area contributed by atoms with Crippen LogP contribution in [0.25, 0.3) is 0 Å². The first-order valence-corrected chi connectivity index (χ1v) is 6.42. The molecule has 0 bridgehead atoms. The van der Waals surface area contributed by atoms with Gasteiger partial charge in [-0.2, -0.15) is 0 Å². The Bertz CT molecular complexity index is 634. The molecule has 0 atom stereocenters. The number of nitrogens with zero attached hydrogens (tertiary/aromatic N) is 2. The van der Waals surface area contributed by atoms with Gasteiger partial charge in [-0.05, 0) is 35.0 Å². The Hall–Kier alpha value is -1.33. The molecule has 94 valence electrons. The number of benzene rings is 1. The molecule has 0 fully saturated rings. The monoisotopic (exact) mass is 327 g/mol. The zero-order valence-corrected chi connectivity index (χ0v) is 12.0. The van der Waals surface area contributed by atoms with E-state index in [-0.39, 0.29) is 5.56 Å². The molecule has 6 heteroatoms. The van der Waals surface area contributed by atoms with Crippen molar-refractivity contribution in [2.75, 3.05) is 5.73 Å². The number of nitrogen functional groups attached to an aromatic ring is 1. The lowest BCUT2D eigenvalue weighted by atomic mass is 10.2. The highest BCUT2D eigenvalue weighted by atomic mass is 79.9. The molecule has 0 saturated heterocycles. The predicted octanol–water partition coefficient (Wildman–Crippen LogP) is 2.60. The van der Waals surface area contributed by atoms with Crippen LogP contribution in [-0.2, 0) is 6.54 Å². The van der Waals surface area contributed by atoms with Gasteiger partial charge in [0.15, 0.2) is 0 Å². The van der Waals surface area contributed by atoms with E-state index in [1.54, 1.807) is 25.1 Å². The summed E-state index contributed by atoms with van der Waals surface area (Å²) in [7, 11) is 0. The number of aromatic nitrogens is 2. The highest BCUT2D eigenvalue weighted by molar-refractivity contribution is 9.10. The number of anilines is 1. The van der Waals surface area contributed by atoms with E-state index in [1.807, 2.05) is 0 Å². The molecule has 1 aromatic heterocycles. The van der Waals surface area contributed by atoms with E-state index in [2.05, 4.69) is 20.9 Å². The SMILES string of the molecule is Cc1ncc(Br)c(=O)n1Cc1c(N)cccc1Cl. The molecule has 2 N–H and O–H groups in total. The number of nitrogens with two attached hydrogens (primary N) is 1. The molecule has 0 saturated carbocycles. The summed E-state index contributed by atoms with van der Waals surface area (Å²) in [5, 5.41) is 0.543. The number of halogens is 2. The molecule has 1 heterocycles. The number of rotatable bonds is 2. The third-order valence-electron chi connectivity index (χ3n) is 2.68. The Labute approximate surface area is 118 Å². The molecular weight excluding hydrogens is 318 g/mol. The van der Waals surface area contributed by atoms with Crippen molar-refractivity contribution in [3.05, 3.63) is 55.6 Å². The second-order valence-electron chi connectivity index (χ2n) is 3.85. The molecule has 0 aliphatic rings. The van der Waals surface area contributed by atoms with Gasteiger partial charge in [-0.15, -0.1) is 0 Å². The zero-order valence-electron chi connectivity index (χ0n) is 9.65. The van der Waals surface area contributed by atoms with E-state index in [4.69, 9.17) is 17.3 Å². The maximum Gasteiger partial charge on any atom is 0.268 e. The van der Waals surface area contributed by atoms with Crippen LogP contribution in [0.2, 0.25) is 5.02 Å². The van der Waals surface area contributed by atoms with Crippen molar-refractivity contribution in [1.82, 2.24) is 9.55 Å². The summed E-state index contributed by atoms with van der Waals surface area (Å²) in [6, 6.07) is 5.28. The van der Waals surface area contributed by atoms with Gasteiger partial charge in [-0.1, -0.05) is 17.7 Å². The largest absolute Gasteiger partial charge is 0.398 e. The van der Waals surface area contributed by atoms with E-state index in [1.165, 1.54) is 10.8 Å². The molecule has 4 nitrogen and oxygen atoms in total. The van der Waals surface area contributed by atoms with Crippen LogP contribution in [0.1, 0.15) is 11.4 Å². The minimum atomic E-state index is -0.151. The minimum absolute atomic E-state index is 0.151. The Morgan fingerprint density at radius 2 is 2.22 bits per heavy atom. The number of hydrogen-bond acceptors (Lipinski definition) is 3. The van der Waals surface area contributed by atoms with E-state index < -0.39 is 0 Å². The quantitative estimate of drug-likeness (QED) is 0.862. The molecular formula is C12H11BrClN3O. The van der Waals surface area contributed by atoms with Crippen molar-refractivity contribution in [2.45, 2.75) is 13.5 Å². The maximum atomic E-state index is 12.0. The van der Waals surface area contributed by atoms with Crippen LogP contribution in [0, 0.1) is 6.92 Å². The molecule has 0 radical (unpaired) electrons. The van der Waals surface area contributed by atoms with Crippen LogP contribution in [0.3, 0.4) is 0 Å². The van der Waals surface area contributed by atoms with Gasteiger partial charge in [-0.3, -0.25) is 9.36 Å². The lowest BCUT2D eigenvalue weighted by Gasteiger charge is -2.12. The zero-order chi connectivity index (χ0) is 13.3. The average molecular weight is 329 g/mol. The van der Waals surface area contributed by atoms with Gasteiger partial charge < -0.3 is 5.73 Å². The summed E-state index contributed by atoms with van der Waals surface area (Å²) in [5.41, 5.74) is 7.01. The third-order valence-corrected chi connectivity index (χ3v) is 3.57. The van der Waals surface area contributed by atoms with Crippen molar-refractivity contribution < 1.29 is 0 Å². The molecule has 0 aliphatic heterocycles. The molecule has 0 unspecified atom stereocenters. The molecule has 2 rings (SSSR count). The lowest BCUT2D eigenvalue weighted by molar-refractivity contribution is 0.697. The van der Waals surface area contributed by atoms with Crippen molar-refractivity contribution in [1.29, 1.82) is 0 Å². The van der Waals surface area contributed by atoms with Gasteiger partial charge in [0, 0.05) is 22.5 Å². The molecule has 0 spiro atoms. The standard InChI is InChI=1S/C12H11BrClN3O/c1-7-16-5-9(13)12(18)17(7)6-8-10(14)3-2-4-11(8)15/h2-5H,6,15H2,1H3. The van der Waals surface area contributed by atoms with Crippen molar-refractivity contribution in [3.63, 3.8) is 0 Å². The lowest BCUT2D eigenvalue weighted by Crippen LogP contribution is -2.25. The van der Waals surface area contributed by atoms with E-state index in [0.717, 1.165) is 5.56 Å². The Morgan fingerprint density at radius 3 is 2.89 bits per heavy atom. The van der Waals surface area contributed by atoms with Gasteiger partial charge >= 0.3 is 0 Å². The van der Waals surface area contributed by atoms with E-state index in [0.29, 0.717) is 27.6 Å². The van der Waals surface area contributed by atoms with Gasteiger partial charge in [0.1, 0.15) is 10.3 Å². The Morgan fingerprint density at radius 1 is 1.50 bits per heavy atom. The predicted molar refractivity (Wildman–Crippen MR) is 75.9 cm³/mol. The molecule has 0 aliphatic carbocycles. The first kappa shape index (κ1) is 13.1. The summed E-state index contributed by atoms with van der Waals surface area (Å²) in [6.07, 6.45) is 1.49. The number of aryl methyl sites for hydroxylation is 1. The summed E-state index contributed by atoms with van der Waals surface area (Å²) >= 11 is 9.27. The third kappa shape index (κ3) is 2.42. The van der Waals surface area contributed by atoms with Crippen molar-refractivity contribution in [2.24, 2.45) is 0 Å². The fourth-order valence-electron chi connectivity index (χ4n) is 1.64. The number of hydrogen-bond donors (Lipinski definition) is 1. The minimum Gasteiger partial charge on any atom is -0.398 e. The first-order chi connectivity index (χ1) is 8.50. The Balaban J connectivity index is 2.53. The molecule has 18 heavy (non-hydrogen) atoms. The van der Waals surface area contributed by atoms with Crippen LogP contribution < -0.4 is 11.3 Å². The fraction of sp³-hybridized carbons (Fsp3) is 0.167. The van der Waals surface area contributed by atoms with Crippen LogP contribution in [0.5, 0.6) is 0 Å². The molecule has 0 amide bonds. The topological polar surface area (TPSA) is 60.9 Å². The normalized spacial score (nSPS) is 10.6.